The average molecular weight is 268 g/mol. The third kappa shape index (κ3) is 1.85. The summed E-state index contributed by atoms with van der Waals surface area (Å²) in [6.45, 7) is 0. The van der Waals surface area contributed by atoms with Gasteiger partial charge in [-0.2, -0.15) is 0 Å². The number of amides is 1. The molecule has 15 heavy (non-hydrogen) atoms. The number of nitrogens with two attached hydrogens (primary N) is 1. The van der Waals surface area contributed by atoms with E-state index in [4.69, 9.17) is 5.73 Å². The van der Waals surface area contributed by atoms with E-state index in [9.17, 15) is 9.18 Å². The Morgan fingerprint density at radius 2 is 2.00 bits per heavy atom. The smallest absolute Gasteiger partial charge is 0.248 e. The lowest BCUT2D eigenvalue weighted by atomic mass is 10.1. The summed E-state index contributed by atoms with van der Waals surface area (Å²) in [6.07, 6.45) is 0. The number of carbonyl (C=O) groups excluding carboxylic acids is 1. The first-order chi connectivity index (χ1) is 7.08. The molecule has 76 valence electrons. The molecule has 0 unspecified atom stereocenters. The van der Waals surface area contributed by atoms with Crippen LogP contribution < -0.4 is 5.73 Å². The van der Waals surface area contributed by atoms with Crippen LogP contribution in [-0.4, -0.2) is 5.91 Å². The third-order valence-corrected chi connectivity index (χ3v) is 2.81. The van der Waals surface area contributed by atoms with Gasteiger partial charge in [0, 0.05) is 10.0 Å². The van der Waals surface area contributed by atoms with E-state index in [0.717, 1.165) is 5.39 Å². The van der Waals surface area contributed by atoms with E-state index in [1.54, 1.807) is 18.2 Å². The molecule has 0 fully saturated rings. The Balaban J connectivity index is 2.76. The molecule has 4 heteroatoms. The van der Waals surface area contributed by atoms with Gasteiger partial charge in [-0.05, 0) is 35.0 Å². The minimum absolute atomic E-state index is 0.351. The van der Waals surface area contributed by atoms with Crippen LogP contribution in [0.1, 0.15) is 10.4 Å². The predicted molar refractivity (Wildman–Crippen MR) is 60.1 cm³/mol. The summed E-state index contributed by atoms with van der Waals surface area (Å²) in [5.74, 6) is -0.867. The van der Waals surface area contributed by atoms with Gasteiger partial charge in [0.2, 0.25) is 5.91 Å². The van der Waals surface area contributed by atoms with E-state index in [2.05, 4.69) is 15.9 Å². The summed E-state index contributed by atoms with van der Waals surface area (Å²) in [7, 11) is 0. The number of rotatable bonds is 1. The van der Waals surface area contributed by atoms with Crippen molar-refractivity contribution in [2.75, 3.05) is 0 Å². The summed E-state index contributed by atoms with van der Waals surface area (Å²) in [4.78, 5) is 10.9. The SMILES string of the molecule is NC(=O)c1ccc2c(Br)cc(F)cc2c1. The highest BCUT2D eigenvalue weighted by molar-refractivity contribution is 9.10. The van der Waals surface area contributed by atoms with Crippen LogP contribution in [0.2, 0.25) is 0 Å². The maximum atomic E-state index is 13.1. The fourth-order valence-corrected chi connectivity index (χ4v) is 2.02. The molecule has 2 N–H and O–H groups in total. The van der Waals surface area contributed by atoms with Crippen LogP contribution in [0.5, 0.6) is 0 Å². The van der Waals surface area contributed by atoms with Gasteiger partial charge in [-0.3, -0.25) is 4.79 Å². The normalized spacial score (nSPS) is 10.5. The molecule has 0 spiro atoms. The highest BCUT2D eigenvalue weighted by Crippen LogP contribution is 2.26. The lowest BCUT2D eigenvalue weighted by Gasteiger charge is -2.03. The van der Waals surface area contributed by atoms with Crippen molar-refractivity contribution in [3.8, 4) is 0 Å². The number of halogens is 2. The van der Waals surface area contributed by atoms with Gasteiger partial charge in [0.15, 0.2) is 0 Å². The second-order valence-electron chi connectivity index (χ2n) is 3.19. The highest BCUT2D eigenvalue weighted by atomic mass is 79.9. The third-order valence-electron chi connectivity index (χ3n) is 2.15. The Morgan fingerprint density at radius 1 is 1.27 bits per heavy atom. The topological polar surface area (TPSA) is 43.1 Å². The van der Waals surface area contributed by atoms with Crippen LogP contribution in [0.25, 0.3) is 10.8 Å². The molecule has 1 amide bonds. The van der Waals surface area contributed by atoms with Gasteiger partial charge in [0.05, 0.1) is 0 Å². The second kappa shape index (κ2) is 3.62. The van der Waals surface area contributed by atoms with Crippen molar-refractivity contribution in [2.24, 2.45) is 5.73 Å². The van der Waals surface area contributed by atoms with E-state index in [1.807, 2.05) is 0 Å². The van der Waals surface area contributed by atoms with Crippen LogP contribution in [0.4, 0.5) is 4.39 Å². The first kappa shape index (κ1) is 10.1. The zero-order valence-electron chi connectivity index (χ0n) is 7.63. The van der Waals surface area contributed by atoms with Gasteiger partial charge < -0.3 is 5.73 Å². The quantitative estimate of drug-likeness (QED) is 0.849. The van der Waals surface area contributed by atoms with E-state index in [0.29, 0.717) is 15.4 Å². The first-order valence-electron chi connectivity index (χ1n) is 4.26. The molecule has 0 aromatic heterocycles. The standard InChI is InChI=1S/C11H7BrFNO/c12-10-5-8(13)4-7-3-6(11(14)15)1-2-9(7)10/h1-5H,(H2,14,15). The van der Waals surface area contributed by atoms with Gasteiger partial charge in [0.1, 0.15) is 5.82 Å². The maximum absolute atomic E-state index is 13.1. The zero-order chi connectivity index (χ0) is 11.0. The number of fused-ring (bicyclic) bond motifs is 1. The number of primary amides is 1. The molecule has 0 radical (unpaired) electrons. The lowest BCUT2D eigenvalue weighted by Crippen LogP contribution is -2.10. The van der Waals surface area contributed by atoms with Gasteiger partial charge in [-0.1, -0.05) is 22.0 Å². The summed E-state index contributed by atoms with van der Waals surface area (Å²) >= 11 is 3.25. The molecule has 2 rings (SSSR count). The molecule has 2 aromatic carbocycles. The molecule has 2 nitrogen and oxygen atoms in total. The molecule has 0 atom stereocenters. The fraction of sp³-hybridized carbons (Fsp3) is 0. The maximum Gasteiger partial charge on any atom is 0.248 e. The summed E-state index contributed by atoms with van der Waals surface area (Å²) < 4.78 is 13.7. The van der Waals surface area contributed by atoms with Crippen LogP contribution in [0.15, 0.2) is 34.8 Å². The van der Waals surface area contributed by atoms with Crippen LogP contribution in [0.3, 0.4) is 0 Å². The zero-order valence-corrected chi connectivity index (χ0v) is 9.21. The van der Waals surface area contributed by atoms with Gasteiger partial charge in [0.25, 0.3) is 0 Å². The van der Waals surface area contributed by atoms with Gasteiger partial charge >= 0.3 is 0 Å². The molecule has 0 saturated carbocycles. The van der Waals surface area contributed by atoms with Gasteiger partial charge in [-0.25, -0.2) is 4.39 Å². The molecule has 0 bridgehead atoms. The largest absolute Gasteiger partial charge is 0.366 e. The Labute approximate surface area is 94.0 Å². The Kier molecular flexibility index (Phi) is 2.44. The Bertz CT molecular complexity index is 554. The fourth-order valence-electron chi connectivity index (χ4n) is 1.44. The molecule has 2 aromatic rings. The minimum atomic E-state index is -0.516. The first-order valence-corrected chi connectivity index (χ1v) is 5.06. The van der Waals surface area contributed by atoms with E-state index >= 15 is 0 Å². The minimum Gasteiger partial charge on any atom is -0.366 e. The van der Waals surface area contributed by atoms with Crippen molar-refractivity contribution in [3.63, 3.8) is 0 Å². The van der Waals surface area contributed by atoms with Crippen molar-refractivity contribution in [1.29, 1.82) is 0 Å². The Hall–Kier alpha value is -1.42. The predicted octanol–water partition coefficient (Wildman–Crippen LogP) is 2.84. The number of carbonyl (C=O) groups is 1. The lowest BCUT2D eigenvalue weighted by molar-refractivity contribution is 0.100. The molecule has 0 heterocycles. The second-order valence-corrected chi connectivity index (χ2v) is 4.04. The highest BCUT2D eigenvalue weighted by Gasteiger charge is 2.05. The van der Waals surface area contributed by atoms with Crippen LogP contribution in [0, 0.1) is 5.82 Å². The van der Waals surface area contributed by atoms with Crippen molar-refractivity contribution < 1.29 is 9.18 Å². The summed E-state index contributed by atoms with van der Waals surface area (Å²) in [5, 5.41) is 1.50. The van der Waals surface area contributed by atoms with Gasteiger partial charge in [-0.15, -0.1) is 0 Å². The molecule has 0 saturated heterocycles. The van der Waals surface area contributed by atoms with Crippen molar-refractivity contribution in [1.82, 2.24) is 0 Å². The Morgan fingerprint density at radius 3 is 2.67 bits per heavy atom. The summed E-state index contributed by atoms with van der Waals surface area (Å²) in [6, 6.07) is 7.68. The molecule has 0 aliphatic heterocycles. The van der Waals surface area contributed by atoms with Crippen molar-refractivity contribution in [2.45, 2.75) is 0 Å². The van der Waals surface area contributed by atoms with Crippen LogP contribution >= 0.6 is 15.9 Å². The average Bonchev–Trinajstić information content (AvgIpc) is 2.16. The molecular weight excluding hydrogens is 261 g/mol. The van der Waals surface area contributed by atoms with E-state index < -0.39 is 5.91 Å². The van der Waals surface area contributed by atoms with Crippen molar-refractivity contribution >= 4 is 32.6 Å². The van der Waals surface area contributed by atoms with Crippen molar-refractivity contribution in [3.05, 3.63) is 46.2 Å². The molecule has 0 aliphatic carbocycles. The van der Waals surface area contributed by atoms with E-state index in [1.165, 1.54) is 12.1 Å². The molecule has 0 aliphatic rings. The van der Waals surface area contributed by atoms with Crippen LogP contribution in [-0.2, 0) is 0 Å². The monoisotopic (exact) mass is 267 g/mol. The van der Waals surface area contributed by atoms with E-state index in [-0.39, 0.29) is 5.82 Å². The number of benzene rings is 2. The summed E-state index contributed by atoms with van der Waals surface area (Å²) in [5.41, 5.74) is 5.51. The number of hydrogen-bond donors (Lipinski definition) is 1. The number of hydrogen-bond acceptors (Lipinski definition) is 1. The molecular formula is C11H7BrFNO.